The molecule has 2 amide bonds. The second kappa shape index (κ2) is 4.95. The summed E-state index contributed by atoms with van der Waals surface area (Å²) in [5, 5.41) is 0. The van der Waals surface area contributed by atoms with Crippen molar-refractivity contribution >= 4 is 11.8 Å². The molecule has 0 atom stereocenters. The second-order valence-electron chi connectivity index (χ2n) is 3.72. The third kappa shape index (κ3) is 3.33. The van der Waals surface area contributed by atoms with Crippen LogP contribution in [0.15, 0.2) is 0 Å². The highest BCUT2D eigenvalue weighted by Gasteiger charge is 2.21. The third-order valence-electron chi connectivity index (χ3n) is 2.64. The van der Waals surface area contributed by atoms with Crippen molar-refractivity contribution in [1.29, 1.82) is 0 Å². The number of hydrogen-bond donors (Lipinski definition) is 2. The van der Waals surface area contributed by atoms with E-state index in [0.717, 1.165) is 32.7 Å². The van der Waals surface area contributed by atoms with Gasteiger partial charge in [0.15, 0.2) is 0 Å². The van der Waals surface area contributed by atoms with E-state index < -0.39 is 0 Å². The highest BCUT2D eigenvalue weighted by atomic mass is 16.2. The number of carbonyl (C=O) groups excluding carboxylic acids is 2. The number of primary amides is 1. The first-order valence-corrected chi connectivity index (χ1v) is 4.97. The number of rotatable bonds is 3. The Hall–Kier alpha value is -1.10. The van der Waals surface area contributed by atoms with Crippen molar-refractivity contribution in [2.75, 3.05) is 32.7 Å². The molecule has 0 spiro atoms. The Morgan fingerprint density at radius 3 is 2.36 bits per heavy atom. The second-order valence-corrected chi connectivity index (χ2v) is 3.72. The van der Waals surface area contributed by atoms with E-state index in [4.69, 9.17) is 5.73 Å². The van der Waals surface area contributed by atoms with E-state index in [1.165, 1.54) is 4.90 Å². The van der Waals surface area contributed by atoms with E-state index in [2.05, 4.69) is 0 Å². The van der Waals surface area contributed by atoms with Crippen molar-refractivity contribution in [3.8, 4) is 0 Å². The van der Waals surface area contributed by atoms with Gasteiger partial charge in [0, 0.05) is 6.92 Å². The van der Waals surface area contributed by atoms with Gasteiger partial charge in [-0.25, -0.2) is 0 Å². The van der Waals surface area contributed by atoms with Crippen LogP contribution in [0.25, 0.3) is 0 Å². The summed E-state index contributed by atoms with van der Waals surface area (Å²) < 4.78 is 0. The van der Waals surface area contributed by atoms with Gasteiger partial charge in [-0.3, -0.25) is 9.59 Å². The zero-order valence-corrected chi connectivity index (χ0v) is 8.58. The summed E-state index contributed by atoms with van der Waals surface area (Å²) >= 11 is 0. The minimum Gasteiger partial charge on any atom is -0.369 e. The molecule has 0 aromatic rings. The van der Waals surface area contributed by atoms with Crippen LogP contribution < -0.4 is 10.6 Å². The predicted molar refractivity (Wildman–Crippen MR) is 51.6 cm³/mol. The van der Waals surface area contributed by atoms with Gasteiger partial charge in [0.05, 0.1) is 39.1 Å². The predicted octanol–water partition coefficient (Wildman–Crippen LogP) is -2.39. The average molecular weight is 200 g/mol. The number of quaternary nitrogens is 1. The number of nitrogens with two attached hydrogens (primary N) is 1. The third-order valence-corrected chi connectivity index (χ3v) is 2.64. The maximum absolute atomic E-state index is 11.0. The van der Waals surface area contributed by atoms with Gasteiger partial charge in [0.2, 0.25) is 11.8 Å². The van der Waals surface area contributed by atoms with Gasteiger partial charge in [-0.2, -0.15) is 0 Å². The normalized spacial score (nSPS) is 18.2. The van der Waals surface area contributed by atoms with Gasteiger partial charge in [-0.05, 0) is 0 Å². The number of piperazine rings is 1. The molecule has 1 fully saturated rings. The molecular weight excluding hydrogens is 182 g/mol. The van der Waals surface area contributed by atoms with Crippen LogP contribution in [-0.2, 0) is 9.59 Å². The Bertz CT molecular complexity index is 222. The van der Waals surface area contributed by atoms with Crippen LogP contribution in [0.2, 0.25) is 0 Å². The molecule has 0 aromatic heterocycles. The first-order chi connectivity index (χ1) is 6.59. The quantitative estimate of drug-likeness (QED) is 0.534. The van der Waals surface area contributed by atoms with Gasteiger partial charge in [-0.1, -0.05) is 0 Å². The fourth-order valence-corrected chi connectivity index (χ4v) is 1.69. The molecule has 1 saturated heterocycles. The van der Waals surface area contributed by atoms with Crippen LogP contribution in [0.5, 0.6) is 0 Å². The summed E-state index contributed by atoms with van der Waals surface area (Å²) in [4.78, 5) is 24.8. The topological polar surface area (TPSA) is 67.8 Å². The number of nitrogens with one attached hydrogen (secondary N) is 1. The van der Waals surface area contributed by atoms with E-state index in [9.17, 15) is 9.59 Å². The minimum absolute atomic E-state index is 0.138. The van der Waals surface area contributed by atoms with Crippen LogP contribution in [-0.4, -0.2) is 49.4 Å². The van der Waals surface area contributed by atoms with Gasteiger partial charge in [-0.15, -0.1) is 0 Å². The van der Waals surface area contributed by atoms with Gasteiger partial charge in [0.25, 0.3) is 0 Å². The first kappa shape index (κ1) is 11.0. The molecule has 14 heavy (non-hydrogen) atoms. The highest BCUT2D eigenvalue weighted by Crippen LogP contribution is 1.89. The Balaban J connectivity index is 2.22. The van der Waals surface area contributed by atoms with E-state index in [1.807, 2.05) is 4.90 Å². The van der Waals surface area contributed by atoms with Crippen molar-refractivity contribution in [2.24, 2.45) is 5.73 Å². The molecular formula is C9H18N3O2+. The Morgan fingerprint density at radius 2 is 1.93 bits per heavy atom. The molecule has 1 aliphatic rings. The van der Waals surface area contributed by atoms with Crippen molar-refractivity contribution in [3.05, 3.63) is 0 Å². The molecule has 0 aromatic carbocycles. The number of carbonyl (C=O) groups is 2. The van der Waals surface area contributed by atoms with E-state index in [0.29, 0.717) is 6.42 Å². The molecule has 1 rings (SSSR count). The lowest BCUT2D eigenvalue weighted by atomic mass is 10.3. The van der Waals surface area contributed by atoms with Gasteiger partial charge < -0.3 is 15.5 Å². The minimum atomic E-state index is -0.244. The summed E-state index contributed by atoms with van der Waals surface area (Å²) in [5.74, 6) is -0.106. The summed E-state index contributed by atoms with van der Waals surface area (Å²) in [6, 6.07) is 0. The average Bonchev–Trinajstić information content (AvgIpc) is 2.15. The number of nitrogens with zero attached hydrogens (tertiary/aromatic N) is 1. The molecule has 0 saturated carbocycles. The van der Waals surface area contributed by atoms with Crippen molar-refractivity contribution in [2.45, 2.75) is 13.3 Å². The lowest BCUT2D eigenvalue weighted by Gasteiger charge is -2.31. The van der Waals surface area contributed by atoms with Crippen LogP contribution in [0, 0.1) is 0 Å². The summed E-state index contributed by atoms with van der Waals surface area (Å²) in [6.45, 7) is 5.82. The Kier molecular flexibility index (Phi) is 3.88. The van der Waals surface area contributed by atoms with Crippen molar-refractivity contribution < 1.29 is 14.5 Å². The molecule has 1 aliphatic heterocycles. The molecule has 0 unspecified atom stereocenters. The summed E-state index contributed by atoms with van der Waals surface area (Å²) in [7, 11) is 0. The smallest absolute Gasteiger partial charge is 0.223 e. The number of hydrogen-bond acceptors (Lipinski definition) is 2. The summed E-state index contributed by atoms with van der Waals surface area (Å²) in [6.07, 6.45) is 0.440. The molecule has 80 valence electrons. The van der Waals surface area contributed by atoms with Crippen molar-refractivity contribution in [3.63, 3.8) is 0 Å². The first-order valence-electron chi connectivity index (χ1n) is 4.97. The molecule has 0 radical (unpaired) electrons. The van der Waals surface area contributed by atoms with E-state index in [1.54, 1.807) is 6.92 Å². The fraction of sp³-hybridized carbons (Fsp3) is 0.778. The fourth-order valence-electron chi connectivity index (χ4n) is 1.69. The lowest BCUT2D eigenvalue weighted by Crippen LogP contribution is -3.15. The molecule has 0 bridgehead atoms. The van der Waals surface area contributed by atoms with Crippen molar-refractivity contribution in [1.82, 2.24) is 4.90 Å². The van der Waals surface area contributed by atoms with E-state index >= 15 is 0 Å². The lowest BCUT2D eigenvalue weighted by molar-refractivity contribution is -0.903. The van der Waals surface area contributed by atoms with Gasteiger partial charge >= 0.3 is 0 Å². The molecule has 3 N–H and O–H groups in total. The van der Waals surface area contributed by atoms with Crippen LogP contribution >= 0.6 is 0 Å². The van der Waals surface area contributed by atoms with E-state index in [-0.39, 0.29) is 11.8 Å². The zero-order chi connectivity index (χ0) is 10.6. The Labute approximate surface area is 83.8 Å². The monoisotopic (exact) mass is 200 g/mol. The number of amides is 2. The van der Waals surface area contributed by atoms with Crippen LogP contribution in [0.4, 0.5) is 0 Å². The SMILES string of the molecule is CC(=O)N1CC[NH+](CCC(N)=O)CC1. The largest absolute Gasteiger partial charge is 0.369 e. The Morgan fingerprint density at radius 1 is 1.36 bits per heavy atom. The molecule has 0 aliphatic carbocycles. The standard InChI is InChI=1S/C9H17N3O2/c1-8(13)12-6-4-11(5-7-12)3-2-9(10)14/h2-7H2,1H3,(H2,10,14)/p+1. The molecule has 5 nitrogen and oxygen atoms in total. The molecule has 5 heteroatoms. The highest BCUT2D eigenvalue weighted by molar-refractivity contribution is 5.73. The molecule has 1 heterocycles. The van der Waals surface area contributed by atoms with Crippen LogP contribution in [0.1, 0.15) is 13.3 Å². The maximum atomic E-state index is 11.0. The zero-order valence-electron chi connectivity index (χ0n) is 8.58. The maximum Gasteiger partial charge on any atom is 0.223 e. The summed E-state index contributed by atoms with van der Waals surface area (Å²) in [5.41, 5.74) is 5.07. The van der Waals surface area contributed by atoms with Gasteiger partial charge in [0.1, 0.15) is 0 Å². The van der Waals surface area contributed by atoms with Crippen LogP contribution in [0.3, 0.4) is 0 Å².